The number of hydrogen-bond acceptors (Lipinski definition) is 8. The predicted octanol–water partition coefficient (Wildman–Crippen LogP) is -1.20. The SMILES string of the molecule is COC(=O)CCC(=O)N[C@@H](C)C(=O)N[C@@H](C)C(=O)N1CCC[C@H]1C(=O)N[C@@H](C(C)C)[C@]1(O)CO1. The summed E-state index contributed by atoms with van der Waals surface area (Å²) < 4.78 is 9.55. The monoisotopic (exact) mass is 484 g/mol. The molecule has 0 aromatic heterocycles. The zero-order valence-corrected chi connectivity index (χ0v) is 20.4. The van der Waals surface area contributed by atoms with Crippen LogP contribution in [0.25, 0.3) is 0 Å². The first kappa shape index (κ1) is 27.5. The molecule has 2 aliphatic rings. The number of ether oxygens (including phenoxy) is 2. The number of carbonyl (C=O) groups is 5. The number of methoxy groups -OCH3 is 1. The number of aliphatic hydroxyl groups is 1. The molecule has 2 rings (SSSR count). The fourth-order valence-corrected chi connectivity index (χ4v) is 3.95. The van der Waals surface area contributed by atoms with Crippen molar-refractivity contribution in [2.45, 2.75) is 83.3 Å². The molecule has 12 nitrogen and oxygen atoms in total. The van der Waals surface area contributed by atoms with Crippen LogP contribution in [0, 0.1) is 5.92 Å². The summed E-state index contributed by atoms with van der Waals surface area (Å²) in [5, 5.41) is 18.1. The van der Waals surface area contributed by atoms with Gasteiger partial charge in [0.15, 0.2) is 0 Å². The molecule has 0 aromatic rings. The van der Waals surface area contributed by atoms with Crippen molar-refractivity contribution in [2.24, 2.45) is 5.92 Å². The van der Waals surface area contributed by atoms with Gasteiger partial charge >= 0.3 is 5.97 Å². The van der Waals surface area contributed by atoms with E-state index in [1.807, 2.05) is 13.8 Å². The van der Waals surface area contributed by atoms with Gasteiger partial charge in [-0.05, 0) is 32.6 Å². The van der Waals surface area contributed by atoms with Gasteiger partial charge in [0.2, 0.25) is 29.4 Å². The van der Waals surface area contributed by atoms with E-state index in [9.17, 15) is 29.1 Å². The van der Waals surface area contributed by atoms with E-state index in [1.54, 1.807) is 0 Å². The minimum atomic E-state index is -1.38. The van der Waals surface area contributed by atoms with Gasteiger partial charge in [0.1, 0.15) is 24.7 Å². The third kappa shape index (κ3) is 7.13. The van der Waals surface area contributed by atoms with Gasteiger partial charge in [-0.1, -0.05) is 13.8 Å². The van der Waals surface area contributed by atoms with Crippen LogP contribution >= 0.6 is 0 Å². The van der Waals surface area contributed by atoms with E-state index in [1.165, 1.54) is 25.9 Å². The van der Waals surface area contributed by atoms with Gasteiger partial charge in [-0.25, -0.2) is 0 Å². The number of hydrogen-bond donors (Lipinski definition) is 4. The van der Waals surface area contributed by atoms with Crippen LogP contribution in [-0.4, -0.2) is 89.8 Å². The van der Waals surface area contributed by atoms with Gasteiger partial charge in [0.25, 0.3) is 0 Å². The summed E-state index contributed by atoms with van der Waals surface area (Å²) in [7, 11) is 1.22. The van der Waals surface area contributed by atoms with Crippen LogP contribution in [-0.2, 0) is 33.4 Å². The Morgan fingerprint density at radius 3 is 2.26 bits per heavy atom. The highest BCUT2D eigenvalue weighted by Gasteiger charge is 2.53. The molecule has 0 unspecified atom stereocenters. The Hall–Kier alpha value is -2.73. The highest BCUT2D eigenvalue weighted by atomic mass is 16.7. The van der Waals surface area contributed by atoms with Crippen LogP contribution in [0.2, 0.25) is 0 Å². The summed E-state index contributed by atoms with van der Waals surface area (Å²) in [6, 6.07) is -3.17. The van der Waals surface area contributed by atoms with Crippen molar-refractivity contribution in [3.05, 3.63) is 0 Å². The lowest BCUT2D eigenvalue weighted by Crippen LogP contribution is -2.57. The summed E-state index contributed by atoms with van der Waals surface area (Å²) >= 11 is 0. The molecule has 5 atom stereocenters. The number of epoxide rings is 1. The molecular formula is C22H36N4O8. The summed E-state index contributed by atoms with van der Waals surface area (Å²) in [4.78, 5) is 62.8. The highest BCUT2D eigenvalue weighted by molar-refractivity contribution is 5.94. The van der Waals surface area contributed by atoms with Gasteiger partial charge in [-0.15, -0.1) is 0 Å². The molecule has 0 saturated carbocycles. The van der Waals surface area contributed by atoms with Gasteiger partial charge < -0.3 is 35.4 Å². The molecule has 0 radical (unpaired) electrons. The minimum absolute atomic E-state index is 0.0791. The van der Waals surface area contributed by atoms with Crippen molar-refractivity contribution in [1.29, 1.82) is 0 Å². The van der Waals surface area contributed by atoms with Crippen LogP contribution in [0.5, 0.6) is 0 Å². The zero-order chi connectivity index (χ0) is 25.6. The predicted molar refractivity (Wildman–Crippen MR) is 119 cm³/mol. The van der Waals surface area contributed by atoms with Crippen molar-refractivity contribution < 1.29 is 38.6 Å². The molecule has 34 heavy (non-hydrogen) atoms. The lowest BCUT2D eigenvalue weighted by atomic mass is 9.98. The average Bonchev–Trinajstić information content (AvgIpc) is 3.33. The molecule has 4 N–H and O–H groups in total. The lowest BCUT2D eigenvalue weighted by molar-refractivity contribution is -0.142. The van der Waals surface area contributed by atoms with Crippen LogP contribution in [0.1, 0.15) is 53.4 Å². The van der Waals surface area contributed by atoms with E-state index in [2.05, 4.69) is 20.7 Å². The Labute approximate surface area is 199 Å². The third-order valence-corrected chi connectivity index (χ3v) is 6.01. The van der Waals surface area contributed by atoms with E-state index < -0.39 is 53.6 Å². The molecule has 0 aliphatic carbocycles. The van der Waals surface area contributed by atoms with Crippen molar-refractivity contribution >= 4 is 29.6 Å². The number of rotatable bonds is 11. The molecule has 0 aromatic carbocycles. The molecule has 12 heteroatoms. The molecule has 2 saturated heterocycles. The molecule has 192 valence electrons. The summed E-state index contributed by atoms with van der Waals surface area (Å²) in [6.07, 6.45) is 0.866. The number of carbonyl (C=O) groups excluding carboxylic acids is 5. The van der Waals surface area contributed by atoms with E-state index in [0.717, 1.165) is 0 Å². The van der Waals surface area contributed by atoms with Crippen LogP contribution in [0.15, 0.2) is 0 Å². The minimum Gasteiger partial charge on any atom is -0.469 e. The van der Waals surface area contributed by atoms with E-state index in [-0.39, 0.29) is 31.3 Å². The highest BCUT2D eigenvalue weighted by Crippen LogP contribution is 2.32. The summed E-state index contributed by atoms with van der Waals surface area (Å²) in [5.74, 6) is -3.85. The molecule has 0 bridgehead atoms. The Kier molecular flexibility index (Phi) is 9.39. The normalized spacial score (nSPS) is 24.1. The van der Waals surface area contributed by atoms with Gasteiger partial charge in [-0.2, -0.15) is 0 Å². The van der Waals surface area contributed by atoms with Crippen LogP contribution in [0.4, 0.5) is 0 Å². The summed E-state index contributed by atoms with van der Waals surface area (Å²) in [5.41, 5.74) is 0. The Balaban J connectivity index is 1.89. The first-order chi connectivity index (χ1) is 15.9. The number of amides is 4. The maximum Gasteiger partial charge on any atom is 0.306 e. The second kappa shape index (κ2) is 11.6. The number of nitrogens with one attached hydrogen (secondary N) is 3. The Bertz CT molecular complexity index is 798. The average molecular weight is 485 g/mol. The second-order valence-electron chi connectivity index (χ2n) is 9.15. The molecule has 0 spiro atoms. The standard InChI is InChI=1S/C22H36N4O8/c1-12(2)18(22(32)11-34-22)25-20(30)15-7-6-10-26(15)21(31)14(4)24-19(29)13(3)23-16(27)8-9-17(28)33-5/h12-15,18,32H,6-11H2,1-5H3,(H,23,27)(H,24,29)(H,25,30)/t13-,14-,15-,18-,22-/m0/s1. The quantitative estimate of drug-likeness (QED) is 0.210. The van der Waals surface area contributed by atoms with Crippen molar-refractivity contribution in [3.63, 3.8) is 0 Å². The number of esters is 1. The first-order valence-corrected chi connectivity index (χ1v) is 11.5. The smallest absolute Gasteiger partial charge is 0.306 e. The Morgan fingerprint density at radius 1 is 1.06 bits per heavy atom. The number of likely N-dealkylation sites (tertiary alicyclic amines) is 1. The maximum atomic E-state index is 13.0. The molecule has 2 aliphatic heterocycles. The van der Waals surface area contributed by atoms with E-state index in [0.29, 0.717) is 19.4 Å². The number of nitrogens with zero attached hydrogens (tertiary/aromatic N) is 1. The third-order valence-electron chi connectivity index (χ3n) is 6.01. The fraction of sp³-hybridized carbons (Fsp3) is 0.773. The second-order valence-corrected chi connectivity index (χ2v) is 9.15. The summed E-state index contributed by atoms with van der Waals surface area (Å²) in [6.45, 7) is 7.20. The molecule has 2 fully saturated rings. The largest absolute Gasteiger partial charge is 0.469 e. The first-order valence-electron chi connectivity index (χ1n) is 11.5. The van der Waals surface area contributed by atoms with Crippen molar-refractivity contribution in [1.82, 2.24) is 20.9 Å². The molecular weight excluding hydrogens is 448 g/mol. The molecule has 4 amide bonds. The van der Waals surface area contributed by atoms with Gasteiger partial charge in [0.05, 0.1) is 19.6 Å². The van der Waals surface area contributed by atoms with Gasteiger partial charge in [-0.3, -0.25) is 24.0 Å². The zero-order valence-electron chi connectivity index (χ0n) is 20.4. The van der Waals surface area contributed by atoms with E-state index in [4.69, 9.17) is 4.74 Å². The fourth-order valence-electron chi connectivity index (χ4n) is 3.95. The Morgan fingerprint density at radius 2 is 1.71 bits per heavy atom. The van der Waals surface area contributed by atoms with Gasteiger partial charge in [0, 0.05) is 13.0 Å². The van der Waals surface area contributed by atoms with Crippen LogP contribution in [0.3, 0.4) is 0 Å². The topological polar surface area (TPSA) is 167 Å². The van der Waals surface area contributed by atoms with E-state index >= 15 is 0 Å². The lowest BCUT2D eigenvalue weighted by Gasteiger charge is -2.31. The molecule has 2 heterocycles. The van der Waals surface area contributed by atoms with Crippen LogP contribution < -0.4 is 16.0 Å². The van der Waals surface area contributed by atoms with Crippen molar-refractivity contribution in [3.8, 4) is 0 Å². The maximum absolute atomic E-state index is 13.0. The van der Waals surface area contributed by atoms with Crippen molar-refractivity contribution in [2.75, 3.05) is 20.3 Å².